The van der Waals surface area contributed by atoms with E-state index in [1.54, 1.807) is 12.1 Å². The van der Waals surface area contributed by atoms with Gasteiger partial charge in [-0.2, -0.15) is 0 Å². The zero-order valence-corrected chi connectivity index (χ0v) is 10.7. The van der Waals surface area contributed by atoms with Crippen molar-refractivity contribution in [2.45, 2.75) is 32.7 Å². The van der Waals surface area contributed by atoms with Gasteiger partial charge in [0.25, 0.3) is 0 Å². The van der Waals surface area contributed by atoms with Crippen molar-refractivity contribution in [3.8, 4) is 0 Å². The fourth-order valence-corrected chi connectivity index (χ4v) is 1.76. The summed E-state index contributed by atoms with van der Waals surface area (Å²) >= 11 is 0. The molecule has 1 N–H and O–H groups in total. The molecule has 0 bridgehead atoms. The number of halogens is 1. The normalized spacial score (nSPS) is 12.6. The van der Waals surface area contributed by atoms with Crippen LogP contribution in [0.25, 0.3) is 0 Å². The molecule has 0 fully saturated rings. The highest BCUT2D eigenvalue weighted by Gasteiger charge is 2.03. The summed E-state index contributed by atoms with van der Waals surface area (Å²) in [5, 5.41) is 3.41. The van der Waals surface area contributed by atoms with E-state index >= 15 is 0 Å². The van der Waals surface area contributed by atoms with E-state index in [9.17, 15) is 4.39 Å². The van der Waals surface area contributed by atoms with E-state index in [1.807, 2.05) is 13.0 Å². The molecule has 1 unspecified atom stereocenters. The third-order valence-electron chi connectivity index (χ3n) is 2.59. The topological polar surface area (TPSA) is 21.3 Å². The maximum atomic E-state index is 13.0. The lowest BCUT2D eigenvalue weighted by Gasteiger charge is -2.13. The lowest BCUT2D eigenvalue weighted by Crippen LogP contribution is -2.29. The quantitative estimate of drug-likeness (QED) is 0.704. The summed E-state index contributed by atoms with van der Waals surface area (Å²) in [6, 6.07) is 7.15. The molecule has 2 nitrogen and oxygen atoms in total. The second-order valence-corrected chi connectivity index (χ2v) is 4.24. The molecular weight excluding hydrogens is 217 g/mol. The van der Waals surface area contributed by atoms with Crippen LogP contribution in [0, 0.1) is 5.82 Å². The highest BCUT2D eigenvalue weighted by Crippen LogP contribution is 2.06. The van der Waals surface area contributed by atoms with Crippen molar-refractivity contribution >= 4 is 0 Å². The second-order valence-electron chi connectivity index (χ2n) is 4.24. The first-order chi connectivity index (χ1) is 8.22. The summed E-state index contributed by atoms with van der Waals surface area (Å²) in [5.41, 5.74) is 1.04. The summed E-state index contributed by atoms with van der Waals surface area (Å²) in [5.74, 6) is -0.161. The van der Waals surface area contributed by atoms with Gasteiger partial charge in [-0.1, -0.05) is 12.1 Å². The molecule has 0 spiro atoms. The highest BCUT2D eigenvalue weighted by atomic mass is 19.1. The molecule has 1 rings (SSSR count). The Bertz CT molecular complexity index is 317. The van der Waals surface area contributed by atoms with Crippen molar-refractivity contribution < 1.29 is 9.13 Å². The first-order valence-corrected chi connectivity index (χ1v) is 6.28. The first kappa shape index (κ1) is 14.1. The molecule has 0 saturated carbocycles. The molecule has 0 aliphatic rings. The molecule has 0 heterocycles. The number of ether oxygens (including phenoxy) is 1. The van der Waals surface area contributed by atoms with E-state index in [-0.39, 0.29) is 5.82 Å². The van der Waals surface area contributed by atoms with Crippen LogP contribution in [0.2, 0.25) is 0 Å². The Morgan fingerprint density at radius 3 is 2.94 bits per heavy atom. The van der Waals surface area contributed by atoms with Gasteiger partial charge in [-0.05, 0) is 50.9 Å². The van der Waals surface area contributed by atoms with Crippen LogP contribution in [-0.2, 0) is 11.2 Å². The fourth-order valence-electron chi connectivity index (χ4n) is 1.76. The van der Waals surface area contributed by atoms with E-state index in [2.05, 4.69) is 12.2 Å². The number of rotatable bonds is 8. The third kappa shape index (κ3) is 6.39. The largest absolute Gasteiger partial charge is 0.382 e. The second kappa shape index (κ2) is 8.20. The predicted molar refractivity (Wildman–Crippen MR) is 68.7 cm³/mol. The Labute approximate surface area is 103 Å². The van der Waals surface area contributed by atoms with Gasteiger partial charge >= 0.3 is 0 Å². The average Bonchev–Trinajstić information content (AvgIpc) is 2.29. The standard InChI is InChI=1S/C14H22FNO/c1-3-17-9-5-8-16-12(2)10-13-6-4-7-14(15)11-13/h4,6-7,11-12,16H,3,5,8-10H2,1-2H3. The van der Waals surface area contributed by atoms with Gasteiger partial charge in [0.2, 0.25) is 0 Å². The third-order valence-corrected chi connectivity index (χ3v) is 2.59. The SMILES string of the molecule is CCOCCCNC(C)Cc1cccc(F)c1. The van der Waals surface area contributed by atoms with Crippen LogP contribution in [0.15, 0.2) is 24.3 Å². The summed E-state index contributed by atoms with van der Waals surface area (Å²) in [4.78, 5) is 0. The zero-order valence-electron chi connectivity index (χ0n) is 10.7. The molecule has 0 aromatic heterocycles. The van der Waals surface area contributed by atoms with Crippen LogP contribution in [0.1, 0.15) is 25.8 Å². The van der Waals surface area contributed by atoms with Crippen molar-refractivity contribution in [2.24, 2.45) is 0 Å². The summed E-state index contributed by atoms with van der Waals surface area (Å²) < 4.78 is 18.2. The average molecular weight is 239 g/mol. The van der Waals surface area contributed by atoms with E-state index in [1.165, 1.54) is 6.07 Å². The summed E-state index contributed by atoms with van der Waals surface area (Å²) in [6.45, 7) is 6.64. The summed E-state index contributed by atoms with van der Waals surface area (Å²) in [7, 11) is 0. The van der Waals surface area contributed by atoms with Gasteiger partial charge in [-0.15, -0.1) is 0 Å². The Morgan fingerprint density at radius 1 is 1.41 bits per heavy atom. The van der Waals surface area contributed by atoms with Gasteiger partial charge in [-0.25, -0.2) is 4.39 Å². The minimum absolute atomic E-state index is 0.161. The molecule has 0 saturated heterocycles. The van der Waals surface area contributed by atoms with Crippen molar-refractivity contribution in [3.63, 3.8) is 0 Å². The number of hydrogen-bond acceptors (Lipinski definition) is 2. The fraction of sp³-hybridized carbons (Fsp3) is 0.571. The van der Waals surface area contributed by atoms with Crippen LogP contribution < -0.4 is 5.32 Å². The Hall–Kier alpha value is -0.930. The van der Waals surface area contributed by atoms with Gasteiger partial charge in [0.15, 0.2) is 0 Å². The van der Waals surface area contributed by atoms with E-state index in [0.717, 1.165) is 38.2 Å². The minimum atomic E-state index is -0.161. The first-order valence-electron chi connectivity index (χ1n) is 6.28. The van der Waals surface area contributed by atoms with E-state index in [0.29, 0.717) is 6.04 Å². The highest BCUT2D eigenvalue weighted by molar-refractivity contribution is 5.17. The zero-order chi connectivity index (χ0) is 12.5. The number of nitrogens with one attached hydrogen (secondary N) is 1. The van der Waals surface area contributed by atoms with Crippen LogP contribution in [0.3, 0.4) is 0 Å². The number of benzene rings is 1. The lowest BCUT2D eigenvalue weighted by atomic mass is 10.1. The van der Waals surface area contributed by atoms with Crippen LogP contribution in [0.4, 0.5) is 4.39 Å². The molecule has 3 heteroatoms. The van der Waals surface area contributed by atoms with Gasteiger partial charge < -0.3 is 10.1 Å². The van der Waals surface area contributed by atoms with Crippen molar-refractivity contribution in [2.75, 3.05) is 19.8 Å². The smallest absolute Gasteiger partial charge is 0.123 e. The molecule has 0 radical (unpaired) electrons. The molecule has 1 aromatic rings. The Kier molecular flexibility index (Phi) is 6.82. The van der Waals surface area contributed by atoms with E-state index < -0.39 is 0 Å². The van der Waals surface area contributed by atoms with Gasteiger partial charge in [0, 0.05) is 19.3 Å². The van der Waals surface area contributed by atoms with Crippen molar-refractivity contribution in [1.82, 2.24) is 5.32 Å². The summed E-state index contributed by atoms with van der Waals surface area (Å²) in [6.07, 6.45) is 1.87. The molecule has 17 heavy (non-hydrogen) atoms. The van der Waals surface area contributed by atoms with Crippen LogP contribution >= 0.6 is 0 Å². The minimum Gasteiger partial charge on any atom is -0.382 e. The lowest BCUT2D eigenvalue weighted by molar-refractivity contribution is 0.144. The Morgan fingerprint density at radius 2 is 2.24 bits per heavy atom. The molecule has 1 aromatic carbocycles. The number of hydrogen-bond donors (Lipinski definition) is 1. The van der Waals surface area contributed by atoms with Crippen LogP contribution in [-0.4, -0.2) is 25.8 Å². The maximum Gasteiger partial charge on any atom is 0.123 e. The van der Waals surface area contributed by atoms with Gasteiger partial charge in [-0.3, -0.25) is 0 Å². The molecule has 0 aliphatic carbocycles. The Balaban J connectivity index is 2.18. The monoisotopic (exact) mass is 239 g/mol. The van der Waals surface area contributed by atoms with E-state index in [4.69, 9.17) is 4.74 Å². The maximum absolute atomic E-state index is 13.0. The molecule has 0 aliphatic heterocycles. The van der Waals surface area contributed by atoms with Crippen LogP contribution in [0.5, 0.6) is 0 Å². The van der Waals surface area contributed by atoms with Crippen molar-refractivity contribution in [3.05, 3.63) is 35.6 Å². The molecule has 1 atom stereocenters. The predicted octanol–water partition coefficient (Wildman–Crippen LogP) is 2.77. The molecular formula is C14H22FNO. The van der Waals surface area contributed by atoms with Crippen molar-refractivity contribution in [1.29, 1.82) is 0 Å². The van der Waals surface area contributed by atoms with Gasteiger partial charge in [0.1, 0.15) is 5.82 Å². The molecule has 0 amide bonds. The molecule has 96 valence electrons. The van der Waals surface area contributed by atoms with Gasteiger partial charge in [0.05, 0.1) is 0 Å².